The van der Waals surface area contributed by atoms with E-state index in [1.165, 1.54) is 21.6 Å². The lowest BCUT2D eigenvalue weighted by molar-refractivity contribution is 0.0945. The molecule has 1 unspecified atom stereocenters. The van der Waals surface area contributed by atoms with Crippen LogP contribution in [0.25, 0.3) is 10.4 Å². The molecule has 2 heterocycles. The number of rotatable bonds is 5. The van der Waals surface area contributed by atoms with Crippen LogP contribution in [0.3, 0.4) is 0 Å². The van der Waals surface area contributed by atoms with E-state index < -0.39 is 0 Å². The van der Waals surface area contributed by atoms with Crippen molar-refractivity contribution < 1.29 is 9.53 Å². The molecule has 5 rings (SSSR count). The molecule has 0 bridgehead atoms. The van der Waals surface area contributed by atoms with Gasteiger partial charge in [0.1, 0.15) is 17.6 Å². The lowest BCUT2D eigenvalue weighted by atomic mass is 9.91. The number of methoxy groups -OCH3 is 1. The Morgan fingerprint density at radius 1 is 1.13 bits per heavy atom. The van der Waals surface area contributed by atoms with Crippen molar-refractivity contribution in [3.8, 4) is 16.2 Å². The van der Waals surface area contributed by atoms with E-state index in [9.17, 15) is 4.79 Å². The van der Waals surface area contributed by atoms with Crippen LogP contribution in [-0.4, -0.2) is 22.6 Å². The molecule has 1 amide bonds. The molecule has 31 heavy (non-hydrogen) atoms. The Bertz CT molecular complexity index is 1240. The number of aromatic nitrogens is 2. The van der Waals surface area contributed by atoms with Gasteiger partial charge in [0.2, 0.25) is 0 Å². The number of hydrogen-bond donors (Lipinski definition) is 1. The van der Waals surface area contributed by atoms with Gasteiger partial charge in [-0.3, -0.25) is 4.79 Å². The fourth-order valence-electron chi connectivity index (χ4n) is 4.13. The van der Waals surface area contributed by atoms with Gasteiger partial charge in [-0.1, -0.05) is 36.4 Å². The van der Waals surface area contributed by atoms with Crippen molar-refractivity contribution in [2.75, 3.05) is 7.11 Å². The van der Waals surface area contributed by atoms with E-state index >= 15 is 0 Å². The standard InChI is InChI=1S/C25H23N3O2S/c1-28-14-13-26-24(28)22(17-9-11-19(30-2)12-10-17)27-25(29)21-15-18-8-7-16-5-3-4-6-20(16)23(18)31-21/h3-6,9-15,22H,7-8H2,1-2H3,(H,27,29). The summed E-state index contributed by atoms with van der Waals surface area (Å²) in [6.45, 7) is 0. The number of ether oxygens (including phenoxy) is 1. The quantitative estimate of drug-likeness (QED) is 0.497. The monoisotopic (exact) mass is 429 g/mol. The third kappa shape index (κ3) is 3.64. The number of nitrogens with one attached hydrogen (secondary N) is 1. The van der Waals surface area contributed by atoms with Gasteiger partial charge in [-0.25, -0.2) is 4.98 Å². The number of thiophene rings is 1. The van der Waals surface area contributed by atoms with Gasteiger partial charge in [0.25, 0.3) is 5.91 Å². The highest BCUT2D eigenvalue weighted by molar-refractivity contribution is 7.17. The van der Waals surface area contributed by atoms with E-state index in [0.717, 1.165) is 34.9 Å². The van der Waals surface area contributed by atoms with E-state index in [2.05, 4.69) is 40.6 Å². The molecular weight excluding hydrogens is 406 g/mol. The summed E-state index contributed by atoms with van der Waals surface area (Å²) in [6, 6.07) is 17.9. The predicted molar refractivity (Wildman–Crippen MR) is 123 cm³/mol. The molecule has 0 aliphatic heterocycles. The largest absolute Gasteiger partial charge is 0.497 e. The summed E-state index contributed by atoms with van der Waals surface area (Å²) in [5.74, 6) is 1.48. The van der Waals surface area contributed by atoms with Crippen molar-refractivity contribution in [2.24, 2.45) is 7.05 Å². The lowest BCUT2D eigenvalue weighted by Crippen LogP contribution is -2.30. The minimum absolute atomic E-state index is 0.0827. The third-order valence-corrected chi connectivity index (χ3v) is 7.01. The van der Waals surface area contributed by atoms with Crippen molar-refractivity contribution in [1.82, 2.24) is 14.9 Å². The maximum Gasteiger partial charge on any atom is 0.262 e. The van der Waals surface area contributed by atoms with Crippen molar-refractivity contribution in [1.29, 1.82) is 0 Å². The normalized spacial score (nSPS) is 13.2. The average Bonchev–Trinajstić information content (AvgIpc) is 3.44. The molecule has 2 aromatic heterocycles. The molecule has 0 saturated carbocycles. The molecule has 0 radical (unpaired) electrons. The first kappa shape index (κ1) is 19.6. The van der Waals surface area contributed by atoms with Crippen LogP contribution in [0.4, 0.5) is 0 Å². The molecule has 0 saturated heterocycles. The van der Waals surface area contributed by atoms with Gasteiger partial charge in [-0.2, -0.15) is 0 Å². The minimum Gasteiger partial charge on any atom is -0.497 e. The first-order valence-corrected chi connectivity index (χ1v) is 11.1. The summed E-state index contributed by atoms with van der Waals surface area (Å²) in [7, 11) is 3.58. The molecule has 0 fully saturated rings. The van der Waals surface area contributed by atoms with Gasteiger partial charge >= 0.3 is 0 Å². The van der Waals surface area contributed by atoms with Crippen LogP contribution < -0.4 is 10.1 Å². The fourth-order valence-corrected chi connectivity index (χ4v) is 5.31. The minimum atomic E-state index is -0.357. The predicted octanol–water partition coefficient (Wildman–Crippen LogP) is 4.78. The highest BCUT2D eigenvalue weighted by atomic mass is 32.1. The third-order valence-electron chi connectivity index (χ3n) is 5.80. The smallest absolute Gasteiger partial charge is 0.262 e. The van der Waals surface area contributed by atoms with Crippen LogP contribution in [-0.2, 0) is 19.9 Å². The highest BCUT2D eigenvalue weighted by Crippen LogP contribution is 2.39. The summed E-state index contributed by atoms with van der Waals surface area (Å²) >= 11 is 1.57. The Kier molecular flexibility index (Phi) is 5.08. The Morgan fingerprint density at radius 3 is 2.65 bits per heavy atom. The van der Waals surface area contributed by atoms with E-state index in [1.807, 2.05) is 42.1 Å². The molecule has 6 heteroatoms. The summed E-state index contributed by atoms with van der Waals surface area (Å²) in [5, 5.41) is 3.21. The van der Waals surface area contributed by atoms with Crippen molar-refractivity contribution in [2.45, 2.75) is 18.9 Å². The number of fused-ring (bicyclic) bond motifs is 3. The van der Waals surface area contributed by atoms with Gasteiger partial charge in [0, 0.05) is 24.3 Å². The van der Waals surface area contributed by atoms with Crippen LogP contribution in [0.2, 0.25) is 0 Å². The zero-order chi connectivity index (χ0) is 21.4. The van der Waals surface area contributed by atoms with Gasteiger partial charge in [-0.15, -0.1) is 11.3 Å². The molecule has 1 aliphatic rings. The van der Waals surface area contributed by atoms with E-state index in [1.54, 1.807) is 24.6 Å². The number of aryl methyl sites for hydroxylation is 3. The van der Waals surface area contributed by atoms with Crippen molar-refractivity contribution in [3.63, 3.8) is 0 Å². The Balaban J connectivity index is 1.47. The van der Waals surface area contributed by atoms with E-state index in [0.29, 0.717) is 0 Å². The zero-order valence-corrected chi connectivity index (χ0v) is 18.3. The summed E-state index contributed by atoms with van der Waals surface area (Å²) in [4.78, 5) is 19.8. The van der Waals surface area contributed by atoms with E-state index in [-0.39, 0.29) is 11.9 Å². The Hall–Kier alpha value is -3.38. The van der Waals surface area contributed by atoms with Crippen LogP contribution >= 0.6 is 11.3 Å². The number of benzene rings is 2. The molecule has 1 N–H and O–H groups in total. The van der Waals surface area contributed by atoms with Crippen LogP contribution in [0, 0.1) is 0 Å². The number of nitrogens with zero attached hydrogens (tertiary/aromatic N) is 2. The second-order valence-corrected chi connectivity index (χ2v) is 8.75. The molecule has 2 aromatic carbocycles. The zero-order valence-electron chi connectivity index (χ0n) is 17.5. The molecule has 1 aliphatic carbocycles. The second kappa shape index (κ2) is 8.04. The van der Waals surface area contributed by atoms with Crippen LogP contribution in [0.1, 0.15) is 38.2 Å². The van der Waals surface area contributed by atoms with Crippen LogP contribution in [0.5, 0.6) is 5.75 Å². The fraction of sp³-hybridized carbons (Fsp3) is 0.200. The Labute approximate surface area is 185 Å². The maximum atomic E-state index is 13.3. The number of hydrogen-bond acceptors (Lipinski definition) is 4. The number of carbonyl (C=O) groups is 1. The number of amides is 1. The van der Waals surface area contributed by atoms with Gasteiger partial charge in [0.05, 0.1) is 12.0 Å². The molecule has 156 valence electrons. The maximum absolute atomic E-state index is 13.3. The first-order chi connectivity index (χ1) is 15.1. The van der Waals surface area contributed by atoms with Crippen molar-refractivity contribution >= 4 is 17.2 Å². The summed E-state index contributed by atoms with van der Waals surface area (Å²) in [6.07, 6.45) is 5.62. The second-order valence-electron chi connectivity index (χ2n) is 7.70. The van der Waals surface area contributed by atoms with Gasteiger partial charge in [-0.05, 0) is 53.3 Å². The summed E-state index contributed by atoms with van der Waals surface area (Å²) in [5.41, 5.74) is 4.82. The first-order valence-electron chi connectivity index (χ1n) is 10.3. The van der Waals surface area contributed by atoms with Gasteiger partial charge < -0.3 is 14.6 Å². The lowest BCUT2D eigenvalue weighted by Gasteiger charge is -2.19. The van der Waals surface area contributed by atoms with Crippen molar-refractivity contribution in [3.05, 3.63) is 94.4 Å². The number of imidazole rings is 1. The molecular formula is C25H23N3O2S. The number of carbonyl (C=O) groups excluding carboxylic acids is 1. The molecule has 1 atom stereocenters. The highest BCUT2D eigenvalue weighted by Gasteiger charge is 2.25. The van der Waals surface area contributed by atoms with E-state index in [4.69, 9.17) is 4.74 Å². The molecule has 5 nitrogen and oxygen atoms in total. The van der Waals surface area contributed by atoms with Gasteiger partial charge in [0.15, 0.2) is 0 Å². The summed E-state index contributed by atoms with van der Waals surface area (Å²) < 4.78 is 7.22. The average molecular weight is 430 g/mol. The molecule has 0 spiro atoms. The Morgan fingerprint density at radius 2 is 1.90 bits per heavy atom. The molecule has 4 aromatic rings. The topological polar surface area (TPSA) is 56.1 Å². The SMILES string of the molecule is COc1ccc(C(NC(=O)c2cc3c(s2)-c2ccccc2CC3)c2nccn2C)cc1. The van der Waals surface area contributed by atoms with Crippen LogP contribution in [0.15, 0.2) is 67.0 Å².